The molecular formula is C7H9N3. The van der Waals surface area contributed by atoms with Gasteiger partial charge < -0.3 is 0 Å². The molecule has 1 N–H and O–H groups in total. The molecule has 52 valence electrons. The molecule has 0 spiro atoms. The van der Waals surface area contributed by atoms with Crippen LogP contribution in [-0.2, 0) is 12.8 Å². The number of H-pyrrole nitrogens is 1. The number of aromatic nitrogens is 2. The molecule has 0 radical (unpaired) electrons. The van der Waals surface area contributed by atoms with E-state index < -0.39 is 0 Å². The number of hydrogen-bond acceptors (Lipinski definition) is 2. The lowest BCUT2D eigenvalue weighted by Crippen LogP contribution is -1.78. The van der Waals surface area contributed by atoms with E-state index in [1.165, 1.54) is 0 Å². The fourth-order valence-electron chi connectivity index (χ4n) is 0.766. The highest BCUT2D eigenvalue weighted by Crippen LogP contribution is 1.99. The summed E-state index contributed by atoms with van der Waals surface area (Å²) in [6, 6.07) is 3.97. The van der Waals surface area contributed by atoms with Crippen molar-refractivity contribution in [2.45, 2.75) is 19.8 Å². The van der Waals surface area contributed by atoms with Crippen molar-refractivity contribution >= 4 is 0 Å². The zero-order valence-corrected chi connectivity index (χ0v) is 5.89. The van der Waals surface area contributed by atoms with Gasteiger partial charge in [-0.3, -0.25) is 5.10 Å². The number of rotatable bonds is 2. The van der Waals surface area contributed by atoms with Crippen molar-refractivity contribution in [3.63, 3.8) is 0 Å². The van der Waals surface area contributed by atoms with Crippen LogP contribution in [0.1, 0.15) is 18.3 Å². The van der Waals surface area contributed by atoms with Gasteiger partial charge in [0.2, 0.25) is 0 Å². The molecule has 0 atom stereocenters. The summed E-state index contributed by atoms with van der Waals surface area (Å²) >= 11 is 0. The molecule has 3 heteroatoms. The summed E-state index contributed by atoms with van der Waals surface area (Å²) < 4.78 is 0. The second-order valence-corrected chi connectivity index (χ2v) is 2.07. The van der Waals surface area contributed by atoms with Crippen LogP contribution in [0, 0.1) is 11.3 Å². The molecule has 0 aliphatic rings. The average Bonchev–Trinajstić information content (AvgIpc) is 2.37. The van der Waals surface area contributed by atoms with Crippen molar-refractivity contribution in [3.8, 4) is 6.07 Å². The Labute approximate surface area is 59.7 Å². The molecule has 0 amide bonds. The van der Waals surface area contributed by atoms with Gasteiger partial charge in [0.05, 0.1) is 18.2 Å². The first-order valence-corrected chi connectivity index (χ1v) is 3.27. The van der Waals surface area contributed by atoms with Crippen LogP contribution in [0.15, 0.2) is 6.07 Å². The maximum absolute atomic E-state index is 8.30. The number of nitrogens with zero attached hydrogens (tertiary/aromatic N) is 2. The maximum atomic E-state index is 8.30. The summed E-state index contributed by atoms with van der Waals surface area (Å²) in [6.45, 7) is 2.03. The Hall–Kier alpha value is -1.30. The fraction of sp³-hybridized carbons (Fsp3) is 0.429. The molecule has 0 bridgehead atoms. The molecule has 0 aliphatic carbocycles. The molecule has 1 heterocycles. The smallest absolute Gasteiger partial charge is 0.0769 e. The van der Waals surface area contributed by atoms with Gasteiger partial charge in [0.25, 0.3) is 0 Å². The van der Waals surface area contributed by atoms with Crippen LogP contribution >= 0.6 is 0 Å². The topological polar surface area (TPSA) is 52.5 Å². The normalized spacial score (nSPS) is 9.20. The largest absolute Gasteiger partial charge is 0.281 e. The molecule has 0 fully saturated rings. The van der Waals surface area contributed by atoms with Crippen LogP contribution in [-0.4, -0.2) is 10.2 Å². The van der Waals surface area contributed by atoms with Crippen molar-refractivity contribution in [3.05, 3.63) is 17.5 Å². The van der Waals surface area contributed by atoms with Gasteiger partial charge in [-0.15, -0.1) is 0 Å². The Kier molecular flexibility index (Phi) is 2.06. The monoisotopic (exact) mass is 135 g/mol. The maximum Gasteiger partial charge on any atom is 0.0769 e. The van der Waals surface area contributed by atoms with Crippen LogP contribution in [0.2, 0.25) is 0 Å². The molecule has 3 nitrogen and oxygen atoms in total. The highest BCUT2D eigenvalue weighted by atomic mass is 15.1. The molecule has 1 aromatic heterocycles. The van der Waals surface area contributed by atoms with E-state index in [1.54, 1.807) is 0 Å². The first-order valence-electron chi connectivity index (χ1n) is 3.27. The summed E-state index contributed by atoms with van der Waals surface area (Å²) in [6.07, 6.45) is 1.34. The van der Waals surface area contributed by atoms with Gasteiger partial charge >= 0.3 is 0 Å². The first kappa shape index (κ1) is 6.81. The number of hydrogen-bond donors (Lipinski definition) is 1. The lowest BCUT2D eigenvalue weighted by Gasteiger charge is -1.79. The van der Waals surface area contributed by atoms with Crippen LogP contribution in [0.25, 0.3) is 0 Å². The summed E-state index contributed by atoms with van der Waals surface area (Å²) in [4.78, 5) is 0. The minimum absolute atomic E-state index is 0.424. The zero-order chi connectivity index (χ0) is 7.40. The molecule has 0 aliphatic heterocycles. The highest BCUT2D eigenvalue weighted by Gasteiger charge is 1.96. The molecular weight excluding hydrogens is 126 g/mol. The average molecular weight is 135 g/mol. The Morgan fingerprint density at radius 1 is 1.80 bits per heavy atom. The molecule has 0 aromatic carbocycles. The van der Waals surface area contributed by atoms with Crippen LogP contribution < -0.4 is 0 Å². The highest BCUT2D eigenvalue weighted by molar-refractivity contribution is 5.11. The fourth-order valence-corrected chi connectivity index (χ4v) is 0.766. The third-order valence-corrected chi connectivity index (χ3v) is 1.32. The summed E-state index contributed by atoms with van der Waals surface area (Å²) in [5, 5.41) is 15.1. The summed E-state index contributed by atoms with van der Waals surface area (Å²) in [7, 11) is 0. The van der Waals surface area contributed by atoms with E-state index in [0.717, 1.165) is 17.8 Å². The van der Waals surface area contributed by atoms with E-state index in [4.69, 9.17) is 5.26 Å². The molecule has 0 unspecified atom stereocenters. The second-order valence-electron chi connectivity index (χ2n) is 2.07. The van der Waals surface area contributed by atoms with Gasteiger partial charge in [-0.25, -0.2) is 0 Å². The molecule has 1 rings (SSSR count). The van der Waals surface area contributed by atoms with Gasteiger partial charge in [0.15, 0.2) is 0 Å². The van der Waals surface area contributed by atoms with Crippen molar-refractivity contribution < 1.29 is 0 Å². The molecule has 0 saturated heterocycles. The SMILES string of the molecule is CCc1cc(CC#N)[nH]n1. The van der Waals surface area contributed by atoms with E-state index in [1.807, 2.05) is 13.0 Å². The van der Waals surface area contributed by atoms with Crippen molar-refractivity contribution in [1.82, 2.24) is 10.2 Å². The molecule has 10 heavy (non-hydrogen) atoms. The second kappa shape index (κ2) is 3.02. The predicted molar refractivity (Wildman–Crippen MR) is 37.3 cm³/mol. The lowest BCUT2D eigenvalue weighted by molar-refractivity contribution is 0.952. The summed E-state index contributed by atoms with van der Waals surface area (Å²) in [5.41, 5.74) is 1.92. The molecule has 1 aromatic rings. The first-order chi connectivity index (χ1) is 4.86. The van der Waals surface area contributed by atoms with Crippen molar-refractivity contribution in [2.75, 3.05) is 0 Å². The van der Waals surface area contributed by atoms with Gasteiger partial charge in [-0.2, -0.15) is 10.4 Å². The van der Waals surface area contributed by atoms with Crippen molar-refractivity contribution in [2.24, 2.45) is 0 Å². The quantitative estimate of drug-likeness (QED) is 0.658. The lowest BCUT2D eigenvalue weighted by atomic mass is 10.3. The van der Waals surface area contributed by atoms with Gasteiger partial charge in [0, 0.05) is 5.69 Å². The van der Waals surface area contributed by atoms with E-state index in [2.05, 4.69) is 16.3 Å². The van der Waals surface area contributed by atoms with E-state index >= 15 is 0 Å². The number of aromatic amines is 1. The Balaban J connectivity index is 2.70. The van der Waals surface area contributed by atoms with Crippen LogP contribution in [0.3, 0.4) is 0 Å². The van der Waals surface area contributed by atoms with E-state index in [9.17, 15) is 0 Å². The Morgan fingerprint density at radius 3 is 3.10 bits per heavy atom. The number of aryl methyl sites for hydroxylation is 1. The predicted octanol–water partition coefficient (Wildman–Crippen LogP) is 1.04. The third kappa shape index (κ3) is 1.35. The number of nitrogens with one attached hydrogen (secondary N) is 1. The zero-order valence-electron chi connectivity index (χ0n) is 5.89. The van der Waals surface area contributed by atoms with Gasteiger partial charge in [-0.05, 0) is 12.5 Å². The van der Waals surface area contributed by atoms with Crippen LogP contribution in [0.5, 0.6) is 0 Å². The standard InChI is InChI=1S/C7H9N3/c1-2-6-5-7(3-4-8)10-9-6/h5H,2-3H2,1H3,(H,9,10). The number of nitriles is 1. The summed E-state index contributed by atoms with van der Waals surface area (Å²) in [5.74, 6) is 0. The minimum atomic E-state index is 0.424. The minimum Gasteiger partial charge on any atom is -0.281 e. The van der Waals surface area contributed by atoms with Gasteiger partial charge in [-0.1, -0.05) is 6.92 Å². The molecule has 0 saturated carbocycles. The Bertz CT molecular complexity index is 244. The van der Waals surface area contributed by atoms with Crippen LogP contribution in [0.4, 0.5) is 0 Å². The third-order valence-electron chi connectivity index (χ3n) is 1.32. The van der Waals surface area contributed by atoms with E-state index in [0.29, 0.717) is 6.42 Å². The van der Waals surface area contributed by atoms with Crippen molar-refractivity contribution in [1.29, 1.82) is 5.26 Å². The van der Waals surface area contributed by atoms with E-state index in [-0.39, 0.29) is 0 Å². The van der Waals surface area contributed by atoms with Gasteiger partial charge in [0.1, 0.15) is 0 Å². The Morgan fingerprint density at radius 2 is 2.60 bits per heavy atom.